The van der Waals surface area contributed by atoms with Gasteiger partial charge in [-0.15, -0.1) is 0 Å². The summed E-state index contributed by atoms with van der Waals surface area (Å²) in [5, 5.41) is 8.71. The molecule has 3 rings (SSSR count). The quantitative estimate of drug-likeness (QED) is 0.435. The zero-order chi connectivity index (χ0) is 17.1. The van der Waals surface area contributed by atoms with Gasteiger partial charge in [0, 0.05) is 5.56 Å². The largest absolute Gasteiger partial charge is 0.374 e. The van der Waals surface area contributed by atoms with Crippen LogP contribution in [0.25, 0.3) is 10.8 Å². The molecule has 0 heterocycles. The van der Waals surface area contributed by atoms with Crippen LogP contribution in [0.5, 0.6) is 0 Å². The fraction of sp³-hybridized carbons (Fsp3) is 0.100. The van der Waals surface area contributed by atoms with E-state index in [1.807, 2.05) is 49.5 Å². The Hall–Kier alpha value is -2.72. The number of nitrogens with zero attached hydrogens (tertiary/aromatic N) is 2. The van der Waals surface area contributed by atoms with Gasteiger partial charge in [-0.3, -0.25) is 0 Å². The van der Waals surface area contributed by atoms with E-state index in [1.54, 1.807) is 5.01 Å². The average molecular weight is 333 g/mol. The van der Waals surface area contributed by atoms with E-state index in [0.717, 1.165) is 22.2 Å². The summed E-state index contributed by atoms with van der Waals surface area (Å²) in [6, 6.07) is 20.4. The molecule has 0 radical (unpaired) electrons. The third kappa shape index (κ3) is 3.14. The van der Waals surface area contributed by atoms with Gasteiger partial charge >= 0.3 is 0 Å². The van der Waals surface area contributed by atoms with Gasteiger partial charge in [0.2, 0.25) is 0 Å². The van der Waals surface area contributed by atoms with Gasteiger partial charge in [0.05, 0.1) is 11.9 Å². The maximum Gasteiger partial charge on any atom is 0.191 e. The SMILES string of the molecule is Cc1cccc(N(/N=C\c2cccc3ccccc23)C(N)=S)c1C. The summed E-state index contributed by atoms with van der Waals surface area (Å²) in [6.07, 6.45) is 1.81. The molecule has 0 amide bonds. The fourth-order valence-electron chi connectivity index (χ4n) is 2.69. The number of anilines is 1. The number of hydrazone groups is 1. The molecular formula is C20H19N3S. The van der Waals surface area contributed by atoms with Gasteiger partial charge in [-0.1, -0.05) is 54.6 Å². The van der Waals surface area contributed by atoms with E-state index in [2.05, 4.69) is 36.3 Å². The lowest BCUT2D eigenvalue weighted by Gasteiger charge is -2.20. The van der Waals surface area contributed by atoms with E-state index in [4.69, 9.17) is 18.0 Å². The fourth-order valence-corrected chi connectivity index (χ4v) is 2.83. The number of fused-ring (bicyclic) bond motifs is 1. The molecule has 3 nitrogen and oxygen atoms in total. The normalized spacial score (nSPS) is 11.1. The second-order valence-corrected chi connectivity index (χ2v) is 6.10. The first-order valence-corrected chi connectivity index (χ1v) is 8.16. The first-order chi connectivity index (χ1) is 11.6. The molecule has 0 fully saturated rings. The van der Waals surface area contributed by atoms with Crippen molar-refractivity contribution in [2.75, 3.05) is 5.01 Å². The lowest BCUT2D eigenvalue weighted by Crippen LogP contribution is -2.31. The molecule has 0 unspecified atom stereocenters. The minimum Gasteiger partial charge on any atom is -0.374 e. The van der Waals surface area contributed by atoms with E-state index < -0.39 is 0 Å². The molecule has 3 aromatic rings. The summed E-state index contributed by atoms with van der Waals surface area (Å²) in [5.74, 6) is 0. The van der Waals surface area contributed by atoms with Crippen LogP contribution >= 0.6 is 12.2 Å². The molecule has 120 valence electrons. The maximum absolute atomic E-state index is 5.91. The molecule has 0 atom stereocenters. The van der Waals surface area contributed by atoms with Gasteiger partial charge in [0.25, 0.3) is 0 Å². The van der Waals surface area contributed by atoms with Crippen LogP contribution in [-0.4, -0.2) is 11.3 Å². The van der Waals surface area contributed by atoms with E-state index in [9.17, 15) is 0 Å². The molecule has 0 saturated carbocycles. The number of rotatable bonds is 3. The Morgan fingerprint density at radius 1 is 1.00 bits per heavy atom. The van der Waals surface area contributed by atoms with Crippen molar-refractivity contribution in [1.82, 2.24) is 0 Å². The lowest BCUT2D eigenvalue weighted by atomic mass is 10.1. The van der Waals surface area contributed by atoms with Gasteiger partial charge in [0.1, 0.15) is 0 Å². The lowest BCUT2D eigenvalue weighted by molar-refractivity contribution is 1.11. The topological polar surface area (TPSA) is 41.6 Å². The summed E-state index contributed by atoms with van der Waals surface area (Å²) in [4.78, 5) is 0. The molecule has 24 heavy (non-hydrogen) atoms. The number of hydrogen-bond donors (Lipinski definition) is 1. The number of aryl methyl sites for hydroxylation is 1. The van der Waals surface area contributed by atoms with Crippen LogP contribution in [0.3, 0.4) is 0 Å². The number of thiocarbonyl (C=S) groups is 1. The molecule has 2 N–H and O–H groups in total. The number of benzene rings is 3. The Balaban J connectivity index is 2.03. The van der Waals surface area contributed by atoms with Crippen LogP contribution in [0.1, 0.15) is 16.7 Å². The van der Waals surface area contributed by atoms with Crippen LogP contribution in [0.2, 0.25) is 0 Å². The summed E-state index contributed by atoms with van der Waals surface area (Å²) in [7, 11) is 0. The maximum atomic E-state index is 5.91. The van der Waals surface area contributed by atoms with Gasteiger partial charge < -0.3 is 5.73 Å². The van der Waals surface area contributed by atoms with Crippen molar-refractivity contribution in [2.24, 2.45) is 10.8 Å². The first kappa shape index (κ1) is 16.1. The van der Waals surface area contributed by atoms with Crippen LogP contribution in [-0.2, 0) is 0 Å². The third-order valence-electron chi connectivity index (χ3n) is 4.15. The van der Waals surface area contributed by atoms with Crippen molar-refractivity contribution >= 4 is 40.0 Å². The molecule has 0 saturated heterocycles. The highest BCUT2D eigenvalue weighted by atomic mass is 32.1. The Morgan fingerprint density at radius 3 is 2.50 bits per heavy atom. The predicted molar refractivity (Wildman–Crippen MR) is 107 cm³/mol. The van der Waals surface area contributed by atoms with E-state index in [-0.39, 0.29) is 5.11 Å². The summed E-state index contributed by atoms with van der Waals surface area (Å²) >= 11 is 5.20. The highest BCUT2D eigenvalue weighted by Crippen LogP contribution is 2.23. The Kier molecular flexibility index (Phi) is 4.58. The highest BCUT2D eigenvalue weighted by molar-refractivity contribution is 7.80. The van der Waals surface area contributed by atoms with E-state index in [0.29, 0.717) is 0 Å². The van der Waals surface area contributed by atoms with Gasteiger partial charge in [-0.2, -0.15) is 5.10 Å². The van der Waals surface area contributed by atoms with Crippen LogP contribution in [0.15, 0.2) is 65.8 Å². The number of nitrogens with two attached hydrogens (primary N) is 1. The van der Waals surface area contributed by atoms with Crippen LogP contribution in [0, 0.1) is 13.8 Å². The summed E-state index contributed by atoms with van der Waals surface area (Å²) in [5.41, 5.74) is 10.1. The molecule has 0 spiro atoms. The minimum absolute atomic E-state index is 0.222. The predicted octanol–water partition coefficient (Wildman–Crippen LogP) is 4.54. The van der Waals surface area contributed by atoms with Crippen molar-refractivity contribution in [1.29, 1.82) is 0 Å². The van der Waals surface area contributed by atoms with Crippen molar-refractivity contribution in [3.63, 3.8) is 0 Å². The molecule has 0 bridgehead atoms. The number of hydrogen-bond acceptors (Lipinski definition) is 2. The van der Waals surface area contributed by atoms with E-state index >= 15 is 0 Å². The zero-order valence-electron chi connectivity index (χ0n) is 13.7. The molecule has 0 aliphatic heterocycles. The summed E-state index contributed by atoms with van der Waals surface area (Å²) in [6.45, 7) is 4.11. The molecule has 4 heteroatoms. The highest BCUT2D eigenvalue weighted by Gasteiger charge is 2.11. The van der Waals surface area contributed by atoms with Crippen LogP contribution in [0.4, 0.5) is 5.69 Å². The first-order valence-electron chi connectivity index (χ1n) is 7.75. The van der Waals surface area contributed by atoms with Gasteiger partial charge in [-0.05, 0) is 54.0 Å². The van der Waals surface area contributed by atoms with Crippen molar-refractivity contribution in [3.05, 3.63) is 77.4 Å². The average Bonchev–Trinajstić information content (AvgIpc) is 2.58. The monoisotopic (exact) mass is 333 g/mol. The minimum atomic E-state index is 0.222. The standard InChI is InChI=1S/C20H19N3S/c1-14-7-5-12-19(15(14)2)23(20(21)24)22-13-17-10-6-9-16-8-3-4-11-18(16)17/h3-13H,1-2H3,(H2,21,24)/b22-13-. The summed E-state index contributed by atoms with van der Waals surface area (Å²) < 4.78 is 0. The molecular weight excluding hydrogens is 314 g/mol. The smallest absolute Gasteiger partial charge is 0.191 e. The molecule has 3 aromatic carbocycles. The zero-order valence-corrected chi connectivity index (χ0v) is 14.5. The second kappa shape index (κ2) is 6.81. The van der Waals surface area contributed by atoms with Crippen molar-refractivity contribution < 1.29 is 0 Å². The third-order valence-corrected chi connectivity index (χ3v) is 4.32. The van der Waals surface area contributed by atoms with Gasteiger partial charge in [-0.25, -0.2) is 5.01 Å². The van der Waals surface area contributed by atoms with Crippen LogP contribution < -0.4 is 10.7 Å². The molecule has 0 aliphatic carbocycles. The molecule has 0 aromatic heterocycles. The van der Waals surface area contributed by atoms with Gasteiger partial charge in [0.15, 0.2) is 5.11 Å². The Morgan fingerprint density at radius 2 is 1.71 bits per heavy atom. The van der Waals surface area contributed by atoms with Crippen molar-refractivity contribution in [3.8, 4) is 0 Å². The van der Waals surface area contributed by atoms with Crippen molar-refractivity contribution in [2.45, 2.75) is 13.8 Å². The Labute approximate surface area is 147 Å². The Bertz CT molecular complexity index is 926. The van der Waals surface area contributed by atoms with E-state index in [1.165, 1.54) is 10.9 Å². The molecule has 0 aliphatic rings. The second-order valence-electron chi connectivity index (χ2n) is 5.68.